The fourth-order valence-electron chi connectivity index (χ4n) is 1.39. The van der Waals surface area contributed by atoms with E-state index in [4.69, 9.17) is 9.62 Å². The van der Waals surface area contributed by atoms with Gasteiger partial charge in [-0.05, 0) is 24.6 Å². The van der Waals surface area contributed by atoms with Gasteiger partial charge in [0, 0.05) is 18.9 Å². The second-order valence-electron chi connectivity index (χ2n) is 3.07. The minimum absolute atomic E-state index is 0. The first kappa shape index (κ1) is 8.77. The van der Waals surface area contributed by atoms with Gasteiger partial charge in [0.2, 0.25) is 0 Å². The summed E-state index contributed by atoms with van der Waals surface area (Å²) in [5, 5.41) is 9.53. The van der Waals surface area contributed by atoms with Crippen molar-refractivity contribution in [3.63, 3.8) is 0 Å². The van der Waals surface area contributed by atoms with Crippen LogP contribution in [0.15, 0.2) is 33.5 Å². The molecule has 1 heterocycles. The Morgan fingerprint density at radius 3 is 2.93 bits per heavy atom. The van der Waals surface area contributed by atoms with E-state index in [9.17, 15) is 4.79 Å². The van der Waals surface area contributed by atoms with Crippen molar-refractivity contribution in [3.8, 4) is 0 Å². The van der Waals surface area contributed by atoms with Crippen LogP contribution in [-0.2, 0) is 0 Å². The molecule has 1 aromatic heterocycles. The van der Waals surface area contributed by atoms with E-state index < -0.39 is 0 Å². The predicted molar refractivity (Wildman–Crippen MR) is 54.7 cm³/mol. The van der Waals surface area contributed by atoms with Gasteiger partial charge in [0.15, 0.2) is 0 Å². The Bertz CT molecular complexity index is 536. The van der Waals surface area contributed by atoms with E-state index in [-0.39, 0.29) is 7.05 Å². The van der Waals surface area contributed by atoms with Gasteiger partial charge in [-0.3, -0.25) is 10.7 Å². The monoisotopic (exact) mass is 193 g/mol. The molecule has 0 fully saturated rings. The van der Waals surface area contributed by atoms with Crippen LogP contribution >= 0.6 is 0 Å². The van der Waals surface area contributed by atoms with Gasteiger partial charge in [0.1, 0.15) is 5.58 Å². The van der Waals surface area contributed by atoms with Gasteiger partial charge in [-0.2, -0.15) is 0 Å². The van der Waals surface area contributed by atoms with Crippen molar-refractivity contribution < 1.29 is 11.1 Å². The van der Waals surface area contributed by atoms with Gasteiger partial charge in [0.25, 0.3) is 0 Å². The number of hydrogen-bond donors (Lipinski definition) is 2. The van der Waals surface area contributed by atoms with Crippen molar-refractivity contribution in [3.05, 3.63) is 40.2 Å². The van der Waals surface area contributed by atoms with E-state index in [0.717, 1.165) is 10.9 Å². The van der Waals surface area contributed by atoms with Crippen LogP contribution in [0.5, 0.6) is 0 Å². The molecule has 0 spiro atoms. The van der Waals surface area contributed by atoms with Crippen LogP contribution in [-0.4, -0.2) is 5.21 Å². The molecule has 0 saturated heterocycles. The van der Waals surface area contributed by atoms with Crippen molar-refractivity contribution in [2.45, 2.75) is 6.92 Å². The lowest BCUT2D eigenvalue weighted by atomic mass is 10.1. The van der Waals surface area contributed by atoms with Gasteiger partial charge in [-0.15, -0.1) is 0 Å². The SMILES string of the molecule is Cc1cc(=O)oc2cc(NO)ccc12.[HH]. The summed E-state index contributed by atoms with van der Waals surface area (Å²) < 4.78 is 4.98. The Balaban J connectivity index is 0.00000112. The van der Waals surface area contributed by atoms with Crippen molar-refractivity contribution >= 4 is 16.7 Å². The number of fused-ring (bicyclic) bond motifs is 1. The zero-order valence-electron chi connectivity index (χ0n) is 7.57. The third kappa shape index (κ3) is 1.36. The highest BCUT2D eigenvalue weighted by Crippen LogP contribution is 2.19. The molecule has 2 aromatic rings. The molecule has 14 heavy (non-hydrogen) atoms. The molecule has 0 aliphatic heterocycles. The largest absolute Gasteiger partial charge is 0.423 e. The Kier molecular flexibility index (Phi) is 1.98. The summed E-state index contributed by atoms with van der Waals surface area (Å²) >= 11 is 0. The lowest BCUT2D eigenvalue weighted by Gasteiger charge is -2.02. The topological polar surface area (TPSA) is 62.5 Å². The zero-order chi connectivity index (χ0) is 10.1. The molecular weight excluding hydrogens is 182 g/mol. The lowest BCUT2D eigenvalue weighted by Crippen LogP contribution is -1.98. The summed E-state index contributed by atoms with van der Waals surface area (Å²) in [6.45, 7) is 1.84. The number of nitrogens with one attached hydrogen (secondary N) is 1. The van der Waals surface area contributed by atoms with Crippen LogP contribution in [0.4, 0.5) is 5.69 Å². The van der Waals surface area contributed by atoms with Crippen molar-refractivity contribution in [2.24, 2.45) is 0 Å². The number of rotatable bonds is 1. The highest BCUT2D eigenvalue weighted by Gasteiger charge is 2.02. The molecule has 1 aromatic carbocycles. The standard InChI is InChI=1S/C10H9NO3.H2/c1-6-4-10(12)14-9-5-7(11-13)2-3-8(6)9;/h2-5,11,13H,1H3;1H. The molecular formula is C10H11NO3. The minimum atomic E-state index is -0.384. The second kappa shape index (κ2) is 3.16. The molecule has 4 nitrogen and oxygen atoms in total. The first-order valence-corrected chi connectivity index (χ1v) is 4.15. The lowest BCUT2D eigenvalue weighted by molar-refractivity contribution is 0.389. The second-order valence-corrected chi connectivity index (χ2v) is 3.07. The summed E-state index contributed by atoms with van der Waals surface area (Å²) in [5.74, 6) is 0. The number of anilines is 1. The maximum atomic E-state index is 11.1. The van der Waals surface area contributed by atoms with Crippen molar-refractivity contribution in [2.75, 3.05) is 5.48 Å². The average molecular weight is 193 g/mol. The molecule has 0 aliphatic carbocycles. The smallest absolute Gasteiger partial charge is 0.336 e. The van der Waals surface area contributed by atoms with Crippen molar-refractivity contribution in [1.29, 1.82) is 0 Å². The van der Waals surface area contributed by atoms with Gasteiger partial charge in [-0.1, -0.05) is 0 Å². The highest BCUT2D eigenvalue weighted by atomic mass is 16.5. The summed E-state index contributed by atoms with van der Waals surface area (Å²) in [4.78, 5) is 11.1. The van der Waals surface area contributed by atoms with E-state index in [2.05, 4.69) is 0 Å². The zero-order valence-corrected chi connectivity index (χ0v) is 7.57. The summed E-state index contributed by atoms with van der Waals surface area (Å²) in [6, 6.07) is 6.50. The van der Waals surface area contributed by atoms with Gasteiger partial charge < -0.3 is 4.42 Å². The van der Waals surface area contributed by atoms with Crippen LogP contribution in [0, 0.1) is 6.92 Å². The van der Waals surface area contributed by atoms with Gasteiger partial charge >= 0.3 is 5.63 Å². The molecule has 74 valence electrons. The normalized spacial score (nSPS) is 10.4. The molecule has 0 atom stereocenters. The van der Waals surface area contributed by atoms with Crippen LogP contribution in [0.2, 0.25) is 0 Å². The number of benzene rings is 1. The molecule has 0 unspecified atom stereocenters. The van der Waals surface area contributed by atoms with E-state index in [0.29, 0.717) is 11.3 Å². The summed E-state index contributed by atoms with van der Waals surface area (Å²) in [5.41, 5.74) is 3.43. The summed E-state index contributed by atoms with van der Waals surface area (Å²) in [7, 11) is 0. The molecule has 0 saturated carbocycles. The van der Waals surface area contributed by atoms with E-state index in [1.54, 1.807) is 18.2 Å². The molecule has 0 aliphatic rings. The number of hydrogen-bond acceptors (Lipinski definition) is 4. The van der Waals surface area contributed by atoms with Crippen LogP contribution in [0.1, 0.15) is 6.99 Å². The molecule has 0 radical (unpaired) electrons. The van der Waals surface area contributed by atoms with E-state index >= 15 is 0 Å². The first-order chi connectivity index (χ1) is 6.70. The summed E-state index contributed by atoms with van der Waals surface area (Å²) in [6.07, 6.45) is 0. The van der Waals surface area contributed by atoms with Crippen LogP contribution in [0.25, 0.3) is 11.0 Å². The molecule has 2 rings (SSSR count). The van der Waals surface area contributed by atoms with Crippen molar-refractivity contribution in [1.82, 2.24) is 0 Å². The fraction of sp³-hybridized carbons (Fsp3) is 0.100. The Morgan fingerprint density at radius 1 is 1.43 bits per heavy atom. The highest BCUT2D eigenvalue weighted by molar-refractivity contribution is 5.82. The quantitative estimate of drug-likeness (QED) is 0.538. The molecule has 0 bridgehead atoms. The maximum Gasteiger partial charge on any atom is 0.336 e. The minimum Gasteiger partial charge on any atom is -0.423 e. The molecule has 0 amide bonds. The Hall–Kier alpha value is -1.81. The van der Waals surface area contributed by atoms with E-state index in [1.165, 1.54) is 6.07 Å². The predicted octanol–water partition coefficient (Wildman–Crippen LogP) is 2.15. The first-order valence-electron chi connectivity index (χ1n) is 4.15. The fourth-order valence-corrected chi connectivity index (χ4v) is 1.39. The van der Waals surface area contributed by atoms with Gasteiger partial charge in [0.05, 0.1) is 5.69 Å². The maximum absolute atomic E-state index is 11.1. The third-order valence-electron chi connectivity index (χ3n) is 2.08. The molecule has 4 heteroatoms. The Labute approximate surface area is 81.2 Å². The average Bonchev–Trinajstić information content (AvgIpc) is 2.16. The Morgan fingerprint density at radius 2 is 2.21 bits per heavy atom. The van der Waals surface area contributed by atoms with Gasteiger partial charge in [-0.25, -0.2) is 4.79 Å². The van der Waals surface area contributed by atoms with Crippen LogP contribution in [0.3, 0.4) is 0 Å². The van der Waals surface area contributed by atoms with E-state index in [1.807, 2.05) is 12.4 Å². The number of aryl methyl sites for hydroxylation is 1. The van der Waals surface area contributed by atoms with Crippen LogP contribution < -0.4 is 11.1 Å². The molecule has 2 N–H and O–H groups in total. The third-order valence-corrected chi connectivity index (χ3v) is 2.08.